The minimum absolute atomic E-state index is 0.0605. The standard InChI is InChI=1S/C16H15ClO2S/c1-3-14-9-8-13(10-12(14)2)11-20(18,19)16-7-5-4-6-15(16)17/h3-10H,1,11H2,2H3. The van der Waals surface area contributed by atoms with Crippen LogP contribution in [-0.2, 0) is 15.6 Å². The summed E-state index contributed by atoms with van der Waals surface area (Å²) in [5.74, 6) is -0.0605. The third-order valence-electron chi connectivity index (χ3n) is 3.08. The van der Waals surface area contributed by atoms with Gasteiger partial charge in [0.25, 0.3) is 0 Å². The summed E-state index contributed by atoms with van der Waals surface area (Å²) in [6.45, 7) is 5.65. The summed E-state index contributed by atoms with van der Waals surface area (Å²) in [6, 6.07) is 12.0. The minimum atomic E-state index is -3.44. The van der Waals surface area contributed by atoms with Crippen molar-refractivity contribution in [3.63, 3.8) is 0 Å². The van der Waals surface area contributed by atoms with Crippen LogP contribution < -0.4 is 0 Å². The van der Waals surface area contributed by atoms with E-state index in [1.807, 2.05) is 19.1 Å². The molecular weight excluding hydrogens is 292 g/mol. The lowest BCUT2D eigenvalue weighted by Gasteiger charge is -2.08. The molecule has 0 radical (unpaired) electrons. The van der Waals surface area contributed by atoms with E-state index in [1.54, 1.807) is 30.3 Å². The first-order valence-corrected chi connectivity index (χ1v) is 8.16. The zero-order chi connectivity index (χ0) is 14.8. The van der Waals surface area contributed by atoms with Crippen LogP contribution in [-0.4, -0.2) is 8.42 Å². The minimum Gasteiger partial charge on any atom is -0.223 e. The normalized spacial score (nSPS) is 11.3. The van der Waals surface area contributed by atoms with Crippen molar-refractivity contribution in [1.29, 1.82) is 0 Å². The number of rotatable bonds is 4. The van der Waals surface area contributed by atoms with Gasteiger partial charge in [0.1, 0.15) is 0 Å². The molecule has 4 heteroatoms. The SMILES string of the molecule is C=Cc1ccc(CS(=O)(=O)c2ccccc2Cl)cc1C. The molecule has 2 rings (SSSR count). The molecule has 2 nitrogen and oxygen atoms in total. The molecule has 0 aliphatic carbocycles. The Morgan fingerprint density at radius 2 is 1.90 bits per heavy atom. The van der Waals surface area contributed by atoms with Gasteiger partial charge >= 0.3 is 0 Å². The zero-order valence-electron chi connectivity index (χ0n) is 11.1. The van der Waals surface area contributed by atoms with E-state index < -0.39 is 9.84 Å². The third kappa shape index (κ3) is 3.11. The molecule has 0 N–H and O–H groups in total. The first kappa shape index (κ1) is 14.8. The van der Waals surface area contributed by atoms with Crippen molar-refractivity contribution in [3.8, 4) is 0 Å². The van der Waals surface area contributed by atoms with Crippen molar-refractivity contribution in [2.24, 2.45) is 0 Å². The van der Waals surface area contributed by atoms with E-state index in [-0.39, 0.29) is 15.7 Å². The maximum absolute atomic E-state index is 12.4. The Balaban J connectivity index is 2.36. The predicted molar refractivity (Wildman–Crippen MR) is 83.6 cm³/mol. The first-order valence-electron chi connectivity index (χ1n) is 6.13. The monoisotopic (exact) mass is 306 g/mol. The fourth-order valence-corrected chi connectivity index (χ4v) is 3.96. The molecule has 2 aromatic carbocycles. The highest BCUT2D eigenvalue weighted by Crippen LogP contribution is 2.25. The van der Waals surface area contributed by atoms with Crippen molar-refractivity contribution in [2.45, 2.75) is 17.6 Å². The van der Waals surface area contributed by atoms with Crippen LogP contribution >= 0.6 is 11.6 Å². The lowest BCUT2D eigenvalue weighted by molar-refractivity contribution is 0.595. The molecule has 20 heavy (non-hydrogen) atoms. The van der Waals surface area contributed by atoms with Gasteiger partial charge in [-0.15, -0.1) is 0 Å². The highest BCUT2D eigenvalue weighted by molar-refractivity contribution is 7.90. The fourth-order valence-electron chi connectivity index (χ4n) is 2.05. The van der Waals surface area contributed by atoms with Crippen LogP contribution in [0.5, 0.6) is 0 Å². The van der Waals surface area contributed by atoms with Crippen LogP contribution in [0.15, 0.2) is 53.9 Å². The van der Waals surface area contributed by atoms with Crippen LogP contribution in [0.3, 0.4) is 0 Å². The molecule has 0 bridgehead atoms. The quantitative estimate of drug-likeness (QED) is 0.845. The molecule has 0 saturated heterocycles. The van der Waals surface area contributed by atoms with Gasteiger partial charge in [0.2, 0.25) is 0 Å². The van der Waals surface area contributed by atoms with Crippen LogP contribution in [0.25, 0.3) is 6.08 Å². The maximum atomic E-state index is 12.4. The van der Waals surface area contributed by atoms with Crippen LogP contribution in [0.1, 0.15) is 16.7 Å². The summed E-state index contributed by atoms with van der Waals surface area (Å²) in [7, 11) is -3.44. The fraction of sp³-hybridized carbons (Fsp3) is 0.125. The molecule has 0 fully saturated rings. The number of hydrogen-bond donors (Lipinski definition) is 0. The second kappa shape index (κ2) is 5.81. The Kier molecular flexibility index (Phi) is 4.31. The van der Waals surface area contributed by atoms with Gasteiger partial charge in [0, 0.05) is 0 Å². The summed E-state index contributed by atoms with van der Waals surface area (Å²) in [6.07, 6.45) is 1.75. The van der Waals surface area contributed by atoms with E-state index in [4.69, 9.17) is 11.6 Å². The molecule has 0 aromatic heterocycles. The summed E-state index contributed by atoms with van der Waals surface area (Å²) in [5, 5.41) is 0.256. The Morgan fingerprint density at radius 3 is 2.50 bits per heavy atom. The van der Waals surface area contributed by atoms with Crippen molar-refractivity contribution >= 4 is 27.5 Å². The van der Waals surface area contributed by atoms with Gasteiger partial charge < -0.3 is 0 Å². The highest BCUT2D eigenvalue weighted by Gasteiger charge is 2.18. The van der Waals surface area contributed by atoms with E-state index in [1.165, 1.54) is 6.07 Å². The molecule has 104 valence electrons. The van der Waals surface area contributed by atoms with Crippen LogP contribution in [0.2, 0.25) is 5.02 Å². The van der Waals surface area contributed by atoms with Gasteiger partial charge in [0.05, 0.1) is 15.7 Å². The number of sulfone groups is 1. The summed E-state index contributed by atoms with van der Waals surface area (Å²) >= 11 is 5.96. The smallest absolute Gasteiger partial charge is 0.183 e. The molecule has 2 aromatic rings. The van der Waals surface area contributed by atoms with E-state index in [2.05, 4.69) is 6.58 Å². The summed E-state index contributed by atoms with van der Waals surface area (Å²) in [4.78, 5) is 0.173. The molecule has 0 saturated carbocycles. The largest absolute Gasteiger partial charge is 0.223 e. The average molecular weight is 307 g/mol. The van der Waals surface area contributed by atoms with E-state index >= 15 is 0 Å². The summed E-state index contributed by atoms with van der Waals surface area (Å²) < 4.78 is 24.8. The first-order chi connectivity index (χ1) is 9.44. The molecule has 0 aliphatic rings. The maximum Gasteiger partial charge on any atom is 0.183 e. The van der Waals surface area contributed by atoms with Crippen molar-refractivity contribution in [2.75, 3.05) is 0 Å². The van der Waals surface area contributed by atoms with Crippen LogP contribution in [0.4, 0.5) is 0 Å². The molecule has 0 unspecified atom stereocenters. The average Bonchev–Trinajstić information content (AvgIpc) is 2.38. The molecule has 0 heterocycles. The molecule has 0 atom stereocenters. The highest BCUT2D eigenvalue weighted by atomic mass is 35.5. The lowest BCUT2D eigenvalue weighted by Crippen LogP contribution is -2.06. The van der Waals surface area contributed by atoms with Gasteiger partial charge in [-0.2, -0.15) is 0 Å². The van der Waals surface area contributed by atoms with Gasteiger partial charge in [-0.1, -0.05) is 54.6 Å². The second-order valence-electron chi connectivity index (χ2n) is 4.58. The van der Waals surface area contributed by atoms with Gasteiger partial charge in [-0.3, -0.25) is 0 Å². The number of aryl methyl sites for hydroxylation is 1. The third-order valence-corrected chi connectivity index (χ3v) is 5.26. The van der Waals surface area contributed by atoms with Crippen molar-refractivity contribution in [1.82, 2.24) is 0 Å². The molecule has 0 spiro atoms. The van der Waals surface area contributed by atoms with E-state index in [9.17, 15) is 8.42 Å². The van der Waals surface area contributed by atoms with Gasteiger partial charge in [-0.25, -0.2) is 8.42 Å². The predicted octanol–water partition coefficient (Wildman–Crippen LogP) is 4.27. The van der Waals surface area contributed by atoms with Crippen molar-refractivity contribution in [3.05, 3.63) is 70.8 Å². The Bertz CT molecular complexity index is 749. The lowest BCUT2D eigenvalue weighted by atomic mass is 10.1. The Hall–Kier alpha value is -1.58. The van der Waals surface area contributed by atoms with Gasteiger partial charge in [0.15, 0.2) is 9.84 Å². The number of hydrogen-bond acceptors (Lipinski definition) is 2. The van der Waals surface area contributed by atoms with E-state index in [0.717, 1.165) is 16.7 Å². The number of benzene rings is 2. The second-order valence-corrected chi connectivity index (χ2v) is 6.95. The topological polar surface area (TPSA) is 34.1 Å². The summed E-state index contributed by atoms with van der Waals surface area (Å²) in [5.41, 5.74) is 2.75. The zero-order valence-corrected chi connectivity index (χ0v) is 12.7. The molecule has 0 amide bonds. The molecular formula is C16H15ClO2S. The van der Waals surface area contributed by atoms with E-state index in [0.29, 0.717) is 0 Å². The molecule has 0 aliphatic heterocycles. The number of halogens is 1. The Labute approximate surface area is 124 Å². The van der Waals surface area contributed by atoms with Crippen molar-refractivity contribution < 1.29 is 8.42 Å². The van der Waals surface area contributed by atoms with Gasteiger partial charge in [-0.05, 0) is 35.7 Å². The van der Waals surface area contributed by atoms with Crippen LogP contribution in [0, 0.1) is 6.92 Å². The Morgan fingerprint density at radius 1 is 1.20 bits per heavy atom.